The number of rotatable bonds is 0. The maximum Gasteiger partial charge on any atom is 0.0728 e. The van der Waals surface area contributed by atoms with Crippen molar-refractivity contribution in [3.05, 3.63) is 188 Å². The lowest BCUT2D eigenvalue weighted by Gasteiger charge is -2.36. The Morgan fingerprint density at radius 1 is 0.268 bits per heavy atom. The van der Waals surface area contributed by atoms with Crippen molar-refractivity contribution >= 4 is 11.1 Å². The largest absolute Gasteiger partial charge is 0.0728 e. The molecule has 2 spiro atoms. The van der Waals surface area contributed by atoms with E-state index in [-0.39, 0.29) is 21.7 Å². The molecule has 0 saturated carbocycles. The molecule has 0 atom stereocenters. The predicted octanol–water partition coefficient (Wildman–Crippen LogP) is 14.4. The van der Waals surface area contributed by atoms with Crippen molar-refractivity contribution in [3.8, 4) is 22.3 Å². The summed E-state index contributed by atoms with van der Waals surface area (Å²) in [5, 5.41) is 0. The van der Waals surface area contributed by atoms with Crippen molar-refractivity contribution in [2.24, 2.45) is 0 Å². The molecule has 0 aromatic heterocycles. The normalized spacial score (nSPS) is 16.8. The predicted molar refractivity (Wildman–Crippen MR) is 238 cm³/mol. The molecule has 0 nitrogen and oxygen atoms in total. The van der Waals surface area contributed by atoms with Gasteiger partial charge in [0.25, 0.3) is 0 Å². The van der Waals surface area contributed by atoms with E-state index in [4.69, 9.17) is 0 Å². The zero-order valence-corrected chi connectivity index (χ0v) is 35.5. The van der Waals surface area contributed by atoms with Gasteiger partial charge in [0.15, 0.2) is 0 Å². The highest BCUT2D eigenvalue weighted by Gasteiger charge is 2.63. The molecule has 4 aliphatic rings. The van der Waals surface area contributed by atoms with Gasteiger partial charge in [-0.2, -0.15) is 0 Å². The summed E-state index contributed by atoms with van der Waals surface area (Å²) < 4.78 is 0. The van der Waals surface area contributed by atoms with Gasteiger partial charge in [-0.05, 0) is 122 Å². The van der Waals surface area contributed by atoms with E-state index in [9.17, 15) is 0 Å². The third kappa shape index (κ3) is 4.37. The van der Waals surface area contributed by atoms with Crippen molar-refractivity contribution < 1.29 is 0 Å². The average Bonchev–Trinajstić information content (AvgIpc) is 3.81. The van der Waals surface area contributed by atoms with Crippen LogP contribution in [0.4, 0.5) is 0 Å². The Hall–Kier alpha value is -4.94. The van der Waals surface area contributed by atoms with Gasteiger partial charge in [0.05, 0.1) is 10.8 Å². The molecule has 0 saturated heterocycles. The van der Waals surface area contributed by atoms with Crippen LogP contribution >= 0.6 is 0 Å². The van der Waals surface area contributed by atoms with Crippen LogP contribution in [0, 0.1) is 0 Å². The number of benzene rings is 6. The number of hydrogen-bond acceptors (Lipinski definition) is 0. The van der Waals surface area contributed by atoms with Crippen LogP contribution < -0.4 is 0 Å². The molecule has 6 aromatic carbocycles. The van der Waals surface area contributed by atoms with Crippen molar-refractivity contribution in [1.82, 2.24) is 0 Å². The van der Waals surface area contributed by atoms with Crippen LogP contribution in [0.2, 0.25) is 0 Å². The quantitative estimate of drug-likeness (QED) is 0.146. The maximum absolute atomic E-state index is 2.60. The van der Waals surface area contributed by atoms with Gasteiger partial charge < -0.3 is 0 Å². The highest BCUT2D eigenvalue weighted by molar-refractivity contribution is 6.19. The Labute approximate surface area is 335 Å². The molecular weight excluding hydrogens is 673 g/mol. The molecule has 0 heteroatoms. The third-order valence-corrected chi connectivity index (χ3v) is 13.9. The highest BCUT2D eigenvalue weighted by Crippen LogP contribution is 2.75. The van der Waals surface area contributed by atoms with Crippen LogP contribution in [-0.4, -0.2) is 0 Å². The SMILES string of the molecule is CC(C)(C)c1ccc2c(c1)C1(C3=C(c4ccccc41)C1(c4ccccc43)c3cc(C(C)(C)C)ccc3-c3ccc(C(C)(C)C)cc31)c1cc(C(C)(C)C)ccc1-2. The number of fused-ring (bicyclic) bond motifs is 18. The molecule has 0 bridgehead atoms. The van der Waals surface area contributed by atoms with Crippen molar-refractivity contribution in [3.63, 3.8) is 0 Å². The fourth-order valence-electron chi connectivity index (χ4n) is 11.0. The summed E-state index contributed by atoms with van der Waals surface area (Å²) in [6.45, 7) is 28.3. The monoisotopic (exact) mass is 728 g/mol. The minimum Gasteiger partial charge on any atom is -0.0619 e. The van der Waals surface area contributed by atoms with E-state index in [2.05, 4.69) is 204 Å². The average molecular weight is 729 g/mol. The Balaban J connectivity index is 1.44. The van der Waals surface area contributed by atoms with Crippen molar-refractivity contribution in [1.29, 1.82) is 0 Å². The second-order valence-electron chi connectivity index (χ2n) is 21.4. The molecule has 56 heavy (non-hydrogen) atoms. The minimum absolute atomic E-state index is 0.00174. The summed E-state index contributed by atoms with van der Waals surface area (Å²) in [5.74, 6) is 0. The van der Waals surface area contributed by atoms with Crippen LogP contribution in [-0.2, 0) is 32.5 Å². The van der Waals surface area contributed by atoms with Gasteiger partial charge in [0, 0.05) is 0 Å². The van der Waals surface area contributed by atoms with E-state index in [1.54, 1.807) is 0 Å². The second kappa shape index (κ2) is 10.9. The smallest absolute Gasteiger partial charge is 0.0619 e. The number of allylic oxidation sites excluding steroid dienone is 2. The van der Waals surface area contributed by atoms with Gasteiger partial charge in [-0.25, -0.2) is 0 Å². The van der Waals surface area contributed by atoms with E-state index in [0.717, 1.165) is 0 Å². The van der Waals surface area contributed by atoms with Crippen LogP contribution in [0.1, 0.15) is 150 Å². The second-order valence-corrected chi connectivity index (χ2v) is 21.4. The lowest BCUT2D eigenvalue weighted by atomic mass is 9.65. The maximum atomic E-state index is 2.60. The summed E-state index contributed by atoms with van der Waals surface area (Å²) >= 11 is 0. The first kappa shape index (κ1) is 35.5. The van der Waals surface area contributed by atoms with E-state index in [0.29, 0.717) is 0 Å². The van der Waals surface area contributed by atoms with E-state index < -0.39 is 10.8 Å². The Bertz CT molecular complexity index is 2400. The minimum atomic E-state index is -0.481. The standard InChI is InChI=1S/C56H56/c1-51(2,3)33-21-25-37-38-26-22-34(52(4,5)6)30-46(38)55(45(37)29-33)43-19-15-13-17-41(43)50-49(55)42-18-14-16-20-44(42)56(50)47-31-35(53(7,8)9)23-27-39(47)40-28-24-36(32-48(40)56)54(10,11)12/h13-32H,1-12H3. The van der Waals surface area contributed by atoms with E-state index >= 15 is 0 Å². The molecule has 0 radical (unpaired) electrons. The summed E-state index contributed by atoms with van der Waals surface area (Å²) in [7, 11) is 0. The third-order valence-electron chi connectivity index (χ3n) is 13.9. The number of hydrogen-bond donors (Lipinski definition) is 0. The van der Waals surface area contributed by atoms with Crippen molar-refractivity contribution in [2.75, 3.05) is 0 Å². The van der Waals surface area contributed by atoms with Gasteiger partial charge in [-0.3, -0.25) is 0 Å². The summed E-state index contributed by atoms with van der Waals surface area (Å²) in [4.78, 5) is 0. The fraction of sp³-hybridized carbons (Fsp3) is 0.321. The van der Waals surface area contributed by atoms with Crippen LogP contribution in [0.25, 0.3) is 33.4 Å². The zero-order valence-electron chi connectivity index (χ0n) is 35.5. The topological polar surface area (TPSA) is 0 Å². The van der Waals surface area contributed by atoms with Gasteiger partial charge in [-0.15, -0.1) is 0 Å². The molecule has 0 heterocycles. The Morgan fingerprint density at radius 3 is 0.768 bits per heavy atom. The van der Waals surface area contributed by atoms with Crippen LogP contribution in [0.15, 0.2) is 121 Å². The lowest BCUT2D eigenvalue weighted by molar-refractivity contribution is 0.587. The summed E-state index contributed by atoms with van der Waals surface area (Å²) in [6, 6.07) is 48.8. The molecular formula is C56H56. The van der Waals surface area contributed by atoms with E-state index in [1.807, 2.05) is 0 Å². The first-order valence-electron chi connectivity index (χ1n) is 20.9. The molecule has 4 aliphatic carbocycles. The highest BCUT2D eigenvalue weighted by atomic mass is 14.6. The fourth-order valence-corrected chi connectivity index (χ4v) is 11.0. The molecule has 0 N–H and O–H groups in total. The first-order valence-corrected chi connectivity index (χ1v) is 20.9. The molecule has 0 aliphatic heterocycles. The molecule has 0 amide bonds. The van der Waals surface area contributed by atoms with Gasteiger partial charge in [0.1, 0.15) is 0 Å². The van der Waals surface area contributed by atoms with Gasteiger partial charge in [-0.1, -0.05) is 204 Å². The van der Waals surface area contributed by atoms with Gasteiger partial charge >= 0.3 is 0 Å². The van der Waals surface area contributed by atoms with Gasteiger partial charge in [0.2, 0.25) is 0 Å². The molecule has 0 fully saturated rings. The Kier molecular flexibility index (Phi) is 6.91. The summed E-state index contributed by atoms with van der Waals surface area (Å²) in [5.41, 5.74) is 24.4. The van der Waals surface area contributed by atoms with Crippen molar-refractivity contribution in [2.45, 2.75) is 116 Å². The zero-order chi connectivity index (χ0) is 39.5. The Morgan fingerprint density at radius 2 is 0.518 bits per heavy atom. The molecule has 280 valence electrons. The summed E-state index contributed by atoms with van der Waals surface area (Å²) in [6.07, 6.45) is 0. The first-order chi connectivity index (χ1) is 26.3. The molecule has 10 rings (SSSR count). The van der Waals surface area contributed by atoms with Crippen LogP contribution in [0.3, 0.4) is 0 Å². The lowest BCUT2D eigenvalue weighted by Crippen LogP contribution is -2.29. The molecule has 0 unspecified atom stereocenters. The van der Waals surface area contributed by atoms with Crippen LogP contribution in [0.5, 0.6) is 0 Å². The van der Waals surface area contributed by atoms with E-state index in [1.165, 1.54) is 100 Å². The molecule has 6 aromatic rings.